The first-order valence-electron chi connectivity index (χ1n) is 6.00. The highest BCUT2D eigenvalue weighted by Gasteiger charge is 2.87. The van der Waals surface area contributed by atoms with Gasteiger partial charge in [-0.3, -0.25) is 9.59 Å². The van der Waals surface area contributed by atoms with Crippen LogP contribution in [-0.2, 0) is 9.59 Å². The minimum atomic E-state index is -1.89. The number of aliphatic carboxylic acids is 1. The molecule has 0 aromatic carbocycles. The van der Waals surface area contributed by atoms with E-state index in [1.807, 2.05) is 20.8 Å². The highest BCUT2D eigenvalue weighted by Crippen LogP contribution is 2.85. The van der Waals surface area contributed by atoms with Crippen molar-refractivity contribution in [1.29, 1.82) is 0 Å². The van der Waals surface area contributed by atoms with E-state index in [4.69, 9.17) is 0 Å². The standard InChI is InChI=1S/C13H20O3Si/c1-7-8(2)12(3)9(11(15)16)13(12,10(7)14)17(4,5)6/h9H,1-6H3,(H,15,16). The zero-order valence-corrected chi connectivity index (χ0v) is 12.3. The summed E-state index contributed by atoms with van der Waals surface area (Å²) in [5, 5.41) is 8.82. The van der Waals surface area contributed by atoms with E-state index >= 15 is 0 Å². The normalized spacial score (nSPS) is 40.6. The van der Waals surface area contributed by atoms with Gasteiger partial charge in [-0.05, 0) is 19.4 Å². The Morgan fingerprint density at radius 3 is 2.06 bits per heavy atom. The van der Waals surface area contributed by atoms with Gasteiger partial charge < -0.3 is 5.11 Å². The van der Waals surface area contributed by atoms with E-state index in [1.54, 1.807) is 0 Å². The van der Waals surface area contributed by atoms with E-state index in [0.717, 1.165) is 11.1 Å². The summed E-state index contributed by atoms with van der Waals surface area (Å²) in [6, 6.07) is 0. The third-order valence-corrected chi connectivity index (χ3v) is 8.62. The van der Waals surface area contributed by atoms with Crippen molar-refractivity contribution in [1.82, 2.24) is 0 Å². The second-order valence-electron chi connectivity index (χ2n) is 6.61. The van der Waals surface area contributed by atoms with Crippen LogP contribution in [0, 0.1) is 11.3 Å². The first kappa shape index (κ1) is 12.6. The minimum Gasteiger partial charge on any atom is -0.481 e. The maximum Gasteiger partial charge on any atom is 0.308 e. The average molecular weight is 252 g/mol. The molecule has 0 bridgehead atoms. The Morgan fingerprint density at radius 2 is 1.76 bits per heavy atom. The van der Waals surface area contributed by atoms with Crippen molar-refractivity contribution in [3.8, 4) is 0 Å². The maximum atomic E-state index is 12.6. The molecule has 2 rings (SSSR count). The van der Waals surface area contributed by atoms with Crippen molar-refractivity contribution < 1.29 is 14.7 Å². The summed E-state index contributed by atoms with van der Waals surface area (Å²) < 4.78 is 0. The number of hydrogen-bond donors (Lipinski definition) is 1. The van der Waals surface area contributed by atoms with Gasteiger partial charge >= 0.3 is 5.97 Å². The number of carboxylic acids is 1. The Kier molecular flexibility index (Phi) is 2.15. The fraction of sp³-hybridized carbons (Fsp3) is 0.692. The van der Waals surface area contributed by atoms with E-state index in [-0.39, 0.29) is 5.78 Å². The second-order valence-corrected chi connectivity index (χ2v) is 11.9. The van der Waals surface area contributed by atoms with Crippen LogP contribution in [0.1, 0.15) is 20.8 Å². The molecule has 94 valence electrons. The van der Waals surface area contributed by atoms with Gasteiger partial charge in [0.2, 0.25) is 0 Å². The highest BCUT2D eigenvalue weighted by molar-refractivity contribution is 6.85. The smallest absolute Gasteiger partial charge is 0.308 e. The number of rotatable bonds is 2. The second kappa shape index (κ2) is 2.91. The Morgan fingerprint density at radius 1 is 1.29 bits per heavy atom. The summed E-state index contributed by atoms with van der Waals surface area (Å²) in [5.41, 5.74) is 1.37. The molecule has 2 aliphatic carbocycles. The fourth-order valence-electron chi connectivity index (χ4n) is 4.34. The first-order valence-corrected chi connectivity index (χ1v) is 9.50. The van der Waals surface area contributed by atoms with Crippen LogP contribution in [-0.4, -0.2) is 24.9 Å². The summed E-state index contributed by atoms with van der Waals surface area (Å²) in [4.78, 5) is 24.0. The molecule has 1 saturated carbocycles. The van der Waals surface area contributed by atoms with Gasteiger partial charge in [0.25, 0.3) is 0 Å². The van der Waals surface area contributed by atoms with E-state index in [1.165, 1.54) is 0 Å². The molecule has 0 amide bonds. The SMILES string of the molecule is CC1=C(C)C2(C)C(C(=O)O)C2([Si](C)(C)C)C1=O. The van der Waals surface area contributed by atoms with Crippen LogP contribution in [0.5, 0.6) is 0 Å². The number of ketones is 1. The molecule has 3 atom stereocenters. The van der Waals surface area contributed by atoms with E-state index < -0.39 is 30.4 Å². The molecule has 4 heteroatoms. The van der Waals surface area contributed by atoms with Crippen molar-refractivity contribution in [3.05, 3.63) is 11.1 Å². The topological polar surface area (TPSA) is 54.4 Å². The van der Waals surface area contributed by atoms with Gasteiger partial charge in [0.1, 0.15) is 0 Å². The summed E-state index contributed by atoms with van der Waals surface area (Å²) in [6.45, 7) is 12.1. The van der Waals surface area contributed by atoms with E-state index in [0.29, 0.717) is 0 Å². The van der Waals surface area contributed by atoms with Gasteiger partial charge in [-0.25, -0.2) is 0 Å². The third-order valence-electron chi connectivity index (χ3n) is 5.22. The van der Waals surface area contributed by atoms with Crippen LogP contribution in [0.15, 0.2) is 11.1 Å². The minimum absolute atomic E-state index is 0.101. The van der Waals surface area contributed by atoms with Crippen LogP contribution in [0.3, 0.4) is 0 Å². The van der Waals surface area contributed by atoms with Crippen molar-refractivity contribution >= 4 is 19.8 Å². The summed E-state index contributed by atoms with van der Waals surface area (Å²) in [7, 11) is -1.89. The van der Waals surface area contributed by atoms with Gasteiger partial charge in [-0.1, -0.05) is 32.1 Å². The molecular formula is C13H20O3Si. The van der Waals surface area contributed by atoms with Crippen LogP contribution < -0.4 is 0 Å². The van der Waals surface area contributed by atoms with Crippen molar-refractivity contribution in [2.75, 3.05) is 0 Å². The molecule has 0 aromatic rings. The van der Waals surface area contributed by atoms with Crippen molar-refractivity contribution in [3.63, 3.8) is 0 Å². The lowest BCUT2D eigenvalue weighted by Gasteiger charge is -2.28. The lowest BCUT2D eigenvalue weighted by molar-refractivity contribution is -0.140. The molecule has 1 fully saturated rings. The van der Waals surface area contributed by atoms with Gasteiger partial charge in [0, 0.05) is 5.41 Å². The van der Waals surface area contributed by atoms with Gasteiger partial charge in [-0.15, -0.1) is 0 Å². The summed E-state index contributed by atoms with van der Waals surface area (Å²) in [5.74, 6) is -1.21. The quantitative estimate of drug-likeness (QED) is 0.769. The Hall–Kier alpha value is -0.903. The van der Waals surface area contributed by atoms with Gasteiger partial charge in [-0.2, -0.15) is 0 Å². The monoisotopic (exact) mass is 252 g/mol. The summed E-state index contributed by atoms with van der Waals surface area (Å²) in [6.07, 6.45) is 0. The van der Waals surface area contributed by atoms with E-state index in [2.05, 4.69) is 19.6 Å². The molecule has 0 radical (unpaired) electrons. The Bertz CT molecular complexity index is 472. The predicted octanol–water partition coefficient (Wildman–Crippen LogP) is 2.70. The van der Waals surface area contributed by atoms with Crippen LogP contribution in [0.2, 0.25) is 24.7 Å². The van der Waals surface area contributed by atoms with Crippen LogP contribution in [0.4, 0.5) is 0 Å². The van der Waals surface area contributed by atoms with Crippen molar-refractivity contribution in [2.24, 2.45) is 11.3 Å². The average Bonchev–Trinajstić information content (AvgIpc) is 2.72. The molecule has 1 N–H and O–H groups in total. The number of Topliss-reactive ketones (excluding diaryl/α,β-unsaturated/α-hetero) is 1. The zero-order chi connectivity index (χ0) is 13.4. The van der Waals surface area contributed by atoms with Gasteiger partial charge in [0.05, 0.1) is 19.0 Å². The Labute approximate surface area is 103 Å². The van der Waals surface area contributed by atoms with Crippen LogP contribution >= 0.6 is 0 Å². The zero-order valence-electron chi connectivity index (χ0n) is 11.3. The molecule has 2 aliphatic rings. The number of carboxylic acid groups (broad SMARTS) is 1. The molecule has 0 heterocycles. The lowest BCUT2D eigenvalue weighted by atomic mass is 9.95. The number of carbonyl (C=O) groups excluding carboxylic acids is 1. The molecule has 3 nitrogen and oxygen atoms in total. The van der Waals surface area contributed by atoms with Crippen molar-refractivity contribution in [2.45, 2.75) is 45.5 Å². The van der Waals surface area contributed by atoms with Gasteiger partial charge in [0.15, 0.2) is 5.78 Å². The highest BCUT2D eigenvalue weighted by atomic mass is 28.3. The molecule has 17 heavy (non-hydrogen) atoms. The molecule has 0 spiro atoms. The number of fused-ring (bicyclic) bond motifs is 1. The summed E-state index contributed by atoms with van der Waals surface area (Å²) >= 11 is 0. The molecule has 0 aliphatic heterocycles. The molecule has 0 saturated heterocycles. The third kappa shape index (κ3) is 0.992. The van der Waals surface area contributed by atoms with Crippen LogP contribution in [0.25, 0.3) is 0 Å². The maximum absolute atomic E-state index is 12.6. The Balaban J connectivity index is 2.69. The number of allylic oxidation sites excluding steroid dienone is 2. The first-order chi connectivity index (χ1) is 7.54. The number of hydrogen-bond acceptors (Lipinski definition) is 2. The number of carbonyl (C=O) groups is 2. The van der Waals surface area contributed by atoms with E-state index in [9.17, 15) is 14.7 Å². The predicted molar refractivity (Wildman–Crippen MR) is 68.7 cm³/mol. The molecule has 0 aromatic heterocycles. The fourth-order valence-corrected chi connectivity index (χ4v) is 8.30. The molecular weight excluding hydrogens is 232 g/mol. The lowest BCUT2D eigenvalue weighted by Crippen LogP contribution is -2.38. The molecule has 3 unspecified atom stereocenters. The largest absolute Gasteiger partial charge is 0.481 e.